The second-order valence-corrected chi connectivity index (χ2v) is 5.72. The average Bonchev–Trinajstić information content (AvgIpc) is 3.17. The zero-order valence-electron chi connectivity index (χ0n) is 10.8. The van der Waals surface area contributed by atoms with Crippen molar-refractivity contribution in [1.82, 2.24) is 4.90 Å². The molecule has 0 bridgehead atoms. The highest BCUT2D eigenvalue weighted by Crippen LogP contribution is 2.38. The third-order valence-electron chi connectivity index (χ3n) is 3.53. The van der Waals surface area contributed by atoms with Crippen LogP contribution in [0.1, 0.15) is 37.8 Å². The molecule has 1 aromatic carbocycles. The molecule has 2 rings (SSSR count). The Labute approximate surface area is 123 Å². The van der Waals surface area contributed by atoms with Crippen LogP contribution < -0.4 is 0 Å². The van der Waals surface area contributed by atoms with E-state index in [0.29, 0.717) is 22.6 Å². The minimum atomic E-state index is -0.768. The van der Waals surface area contributed by atoms with Gasteiger partial charge in [0.25, 0.3) is 0 Å². The summed E-state index contributed by atoms with van der Waals surface area (Å²) >= 11 is 12.3. The summed E-state index contributed by atoms with van der Waals surface area (Å²) in [6.07, 6.45) is 2.41. The Morgan fingerprint density at radius 3 is 2.74 bits per heavy atom. The highest BCUT2D eigenvalue weighted by atomic mass is 35.5. The molecule has 1 saturated carbocycles. The van der Waals surface area contributed by atoms with E-state index in [-0.39, 0.29) is 12.5 Å². The van der Waals surface area contributed by atoms with Gasteiger partial charge in [-0.2, -0.15) is 0 Å². The van der Waals surface area contributed by atoms with Gasteiger partial charge in [0.15, 0.2) is 0 Å². The van der Waals surface area contributed by atoms with Crippen LogP contribution in [-0.2, 0) is 4.79 Å². The van der Waals surface area contributed by atoms with Gasteiger partial charge < -0.3 is 5.11 Å². The SMILES string of the molecule is CC(c1cccc(Cl)c1Cl)N(CCC(=O)O)C1CC1. The molecular formula is C14H17Cl2NO2. The fourth-order valence-electron chi connectivity index (χ4n) is 2.35. The maximum absolute atomic E-state index is 10.8. The largest absolute Gasteiger partial charge is 0.481 e. The lowest BCUT2D eigenvalue weighted by Crippen LogP contribution is -2.31. The smallest absolute Gasteiger partial charge is 0.304 e. The summed E-state index contributed by atoms with van der Waals surface area (Å²) in [5.41, 5.74) is 0.964. The van der Waals surface area contributed by atoms with Gasteiger partial charge in [-0.15, -0.1) is 0 Å². The quantitative estimate of drug-likeness (QED) is 0.863. The minimum absolute atomic E-state index is 0.0815. The number of hydrogen-bond acceptors (Lipinski definition) is 2. The van der Waals surface area contributed by atoms with E-state index in [1.807, 2.05) is 12.1 Å². The maximum Gasteiger partial charge on any atom is 0.304 e. The molecule has 1 aliphatic rings. The molecule has 5 heteroatoms. The lowest BCUT2D eigenvalue weighted by molar-refractivity contribution is -0.137. The topological polar surface area (TPSA) is 40.5 Å². The molecule has 0 heterocycles. The highest BCUT2D eigenvalue weighted by Gasteiger charge is 2.33. The summed E-state index contributed by atoms with van der Waals surface area (Å²) in [7, 11) is 0. The van der Waals surface area contributed by atoms with Gasteiger partial charge in [0, 0.05) is 18.6 Å². The van der Waals surface area contributed by atoms with Gasteiger partial charge in [0.05, 0.1) is 16.5 Å². The number of aliphatic carboxylic acids is 1. The number of carboxylic acids is 1. The van der Waals surface area contributed by atoms with Crippen LogP contribution in [0.5, 0.6) is 0 Å². The lowest BCUT2D eigenvalue weighted by Gasteiger charge is -2.29. The van der Waals surface area contributed by atoms with Crippen molar-refractivity contribution in [2.75, 3.05) is 6.54 Å². The van der Waals surface area contributed by atoms with Crippen molar-refractivity contribution < 1.29 is 9.90 Å². The zero-order chi connectivity index (χ0) is 14.0. The molecule has 1 fully saturated rings. The van der Waals surface area contributed by atoms with Gasteiger partial charge in [-0.3, -0.25) is 9.69 Å². The van der Waals surface area contributed by atoms with Crippen LogP contribution in [0, 0.1) is 0 Å². The molecule has 0 amide bonds. The Morgan fingerprint density at radius 1 is 1.47 bits per heavy atom. The van der Waals surface area contributed by atoms with Crippen LogP contribution >= 0.6 is 23.2 Å². The third-order valence-corrected chi connectivity index (χ3v) is 4.36. The maximum atomic E-state index is 10.8. The first-order chi connectivity index (χ1) is 9.00. The second-order valence-electron chi connectivity index (χ2n) is 4.93. The first-order valence-corrected chi connectivity index (χ1v) is 7.17. The lowest BCUT2D eigenvalue weighted by atomic mass is 10.1. The normalized spacial score (nSPS) is 16.6. The summed E-state index contributed by atoms with van der Waals surface area (Å²) < 4.78 is 0. The van der Waals surface area contributed by atoms with Crippen molar-refractivity contribution in [3.8, 4) is 0 Å². The Hall–Kier alpha value is -0.770. The summed E-state index contributed by atoms with van der Waals surface area (Å²) in [5.74, 6) is -0.768. The van der Waals surface area contributed by atoms with E-state index in [2.05, 4.69) is 11.8 Å². The molecule has 0 aliphatic heterocycles. The van der Waals surface area contributed by atoms with Crippen LogP contribution in [0.25, 0.3) is 0 Å². The van der Waals surface area contributed by atoms with Crippen molar-refractivity contribution in [3.63, 3.8) is 0 Å². The second kappa shape index (κ2) is 6.12. The van der Waals surface area contributed by atoms with E-state index in [4.69, 9.17) is 28.3 Å². The highest BCUT2D eigenvalue weighted by molar-refractivity contribution is 6.42. The first kappa shape index (κ1) is 14.6. The number of halogens is 2. The van der Waals surface area contributed by atoms with E-state index in [1.54, 1.807) is 6.07 Å². The molecular weight excluding hydrogens is 285 g/mol. The average molecular weight is 302 g/mol. The van der Waals surface area contributed by atoms with E-state index in [9.17, 15) is 4.79 Å². The van der Waals surface area contributed by atoms with Crippen molar-refractivity contribution in [1.29, 1.82) is 0 Å². The van der Waals surface area contributed by atoms with Crippen molar-refractivity contribution in [2.24, 2.45) is 0 Å². The number of rotatable bonds is 6. The zero-order valence-corrected chi connectivity index (χ0v) is 12.3. The van der Waals surface area contributed by atoms with E-state index in [1.165, 1.54) is 0 Å². The predicted octanol–water partition coefficient (Wildman–Crippen LogP) is 3.99. The van der Waals surface area contributed by atoms with E-state index in [0.717, 1.165) is 18.4 Å². The molecule has 104 valence electrons. The van der Waals surface area contributed by atoms with Crippen LogP contribution in [0.4, 0.5) is 0 Å². The van der Waals surface area contributed by atoms with Gasteiger partial charge in [-0.05, 0) is 31.4 Å². The van der Waals surface area contributed by atoms with Crippen molar-refractivity contribution in [2.45, 2.75) is 38.3 Å². The van der Waals surface area contributed by atoms with Gasteiger partial charge >= 0.3 is 5.97 Å². The summed E-state index contributed by atoms with van der Waals surface area (Å²) in [6, 6.07) is 6.15. The molecule has 0 aromatic heterocycles. The minimum Gasteiger partial charge on any atom is -0.481 e. The molecule has 1 aromatic rings. The molecule has 19 heavy (non-hydrogen) atoms. The fourth-order valence-corrected chi connectivity index (χ4v) is 2.81. The van der Waals surface area contributed by atoms with Crippen LogP contribution in [0.15, 0.2) is 18.2 Å². The molecule has 0 radical (unpaired) electrons. The fraction of sp³-hybridized carbons (Fsp3) is 0.500. The van der Waals surface area contributed by atoms with Gasteiger partial charge in [-0.25, -0.2) is 0 Å². The van der Waals surface area contributed by atoms with Crippen molar-refractivity contribution in [3.05, 3.63) is 33.8 Å². The first-order valence-electron chi connectivity index (χ1n) is 6.42. The number of hydrogen-bond donors (Lipinski definition) is 1. The Kier molecular flexibility index (Phi) is 4.71. The van der Waals surface area contributed by atoms with E-state index >= 15 is 0 Å². The standard InChI is InChI=1S/C14H17Cl2NO2/c1-9(11-3-2-4-12(15)14(11)16)17(10-5-6-10)8-7-13(18)19/h2-4,9-10H,5-8H2,1H3,(H,18,19). The Balaban J connectivity index is 2.16. The molecule has 1 aliphatic carbocycles. The van der Waals surface area contributed by atoms with Gasteiger partial charge in [0.2, 0.25) is 0 Å². The predicted molar refractivity (Wildman–Crippen MR) is 76.9 cm³/mol. The monoisotopic (exact) mass is 301 g/mol. The number of benzene rings is 1. The van der Waals surface area contributed by atoms with Crippen molar-refractivity contribution >= 4 is 29.2 Å². The third kappa shape index (κ3) is 3.62. The van der Waals surface area contributed by atoms with Crippen LogP contribution in [0.3, 0.4) is 0 Å². The molecule has 1 unspecified atom stereocenters. The van der Waals surface area contributed by atoms with Crippen LogP contribution in [0.2, 0.25) is 10.0 Å². The van der Waals surface area contributed by atoms with E-state index < -0.39 is 5.97 Å². The summed E-state index contributed by atoms with van der Waals surface area (Å²) in [4.78, 5) is 13.0. The molecule has 0 spiro atoms. The van der Waals surface area contributed by atoms with Gasteiger partial charge in [0.1, 0.15) is 0 Å². The van der Waals surface area contributed by atoms with Gasteiger partial charge in [-0.1, -0.05) is 35.3 Å². The molecule has 3 nitrogen and oxygen atoms in total. The summed E-state index contributed by atoms with van der Waals surface area (Å²) in [5, 5.41) is 9.95. The van der Waals surface area contributed by atoms with Crippen LogP contribution in [-0.4, -0.2) is 28.6 Å². The molecule has 1 atom stereocenters. The summed E-state index contributed by atoms with van der Waals surface area (Å²) in [6.45, 7) is 2.60. The number of carboxylic acid groups (broad SMARTS) is 1. The Morgan fingerprint density at radius 2 is 2.16 bits per heavy atom. The number of nitrogens with zero attached hydrogens (tertiary/aromatic N) is 1. The number of carbonyl (C=O) groups is 1. The molecule has 0 saturated heterocycles. The molecule has 1 N–H and O–H groups in total. The Bertz CT molecular complexity index is 475.